The van der Waals surface area contributed by atoms with Crippen LogP contribution in [0.25, 0.3) is 0 Å². The largest absolute Gasteiger partial charge is 0.445 e. The lowest BCUT2D eigenvalue weighted by atomic mass is 9.92. The number of amides is 1. The van der Waals surface area contributed by atoms with E-state index in [2.05, 4.69) is 15.1 Å². The zero-order valence-electron chi connectivity index (χ0n) is 19.2. The molecule has 0 saturated carbocycles. The van der Waals surface area contributed by atoms with Crippen LogP contribution in [0.2, 0.25) is 0 Å². The van der Waals surface area contributed by atoms with E-state index < -0.39 is 0 Å². The number of rotatable bonds is 7. The Kier molecular flexibility index (Phi) is 8.05. The summed E-state index contributed by atoms with van der Waals surface area (Å²) in [6.07, 6.45) is 5.06. The maximum Gasteiger partial charge on any atom is 0.407 e. The first-order chi connectivity index (χ1) is 16.1. The molecule has 33 heavy (non-hydrogen) atoms. The zero-order chi connectivity index (χ0) is 23.0. The number of hydrogen-bond donors (Lipinski definition) is 2. The lowest BCUT2D eigenvalue weighted by molar-refractivity contribution is 0.125. The Balaban J connectivity index is 1.10. The summed E-state index contributed by atoms with van der Waals surface area (Å²) >= 11 is 0. The number of nitrogens with two attached hydrogens (primary N) is 1. The van der Waals surface area contributed by atoms with Crippen molar-refractivity contribution >= 4 is 17.5 Å². The van der Waals surface area contributed by atoms with E-state index >= 15 is 0 Å². The zero-order valence-corrected chi connectivity index (χ0v) is 19.2. The second-order valence-corrected chi connectivity index (χ2v) is 9.25. The van der Waals surface area contributed by atoms with Crippen LogP contribution in [-0.2, 0) is 11.3 Å². The molecule has 2 aliphatic rings. The molecule has 4 rings (SSSR count). The molecule has 0 unspecified atom stereocenters. The third-order valence-electron chi connectivity index (χ3n) is 6.94. The Bertz CT molecular complexity index is 894. The fourth-order valence-corrected chi connectivity index (χ4v) is 4.79. The highest BCUT2D eigenvalue weighted by molar-refractivity contribution is 5.67. The van der Waals surface area contributed by atoms with E-state index in [1.165, 1.54) is 6.42 Å². The van der Waals surface area contributed by atoms with E-state index in [0.717, 1.165) is 69.7 Å². The van der Waals surface area contributed by atoms with Gasteiger partial charge in [0.05, 0.1) is 5.69 Å². The van der Waals surface area contributed by atoms with Gasteiger partial charge in [-0.3, -0.25) is 0 Å². The highest BCUT2D eigenvalue weighted by Gasteiger charge is 2.24. The van der Waals surface area contributed by atoms with Crippen LogP contribution in [0.1, 0.15) is 37.7 Å². The third-order valence-corrected chi connectivity index (χ3v) is 6.94. The van der Waals surface area contributed by atoms with Crippen LogP contribution in [0.5, 0.6) is 0 Å². The number of nitrogen functional groups attached to an aromatic ring is 1. The van der Waals surface area contributed by atoms with E-state index in [0.29, 0.717) is 12.5 Å². The highest BCUT2D eigenvalue weighted by Crippen LogP contribution is 2.27. The molecule has 2 aromatic rings. The van der Waals surface area contributed by atoms with Crippen molar-refractivity contribution in [2.75, 3.05) is 43.4 Å². The number of alkyl carbamates (subject to hydrolysis) is 1. The van der Waals surface area contributed by atoms with Crippen molar-refractivity contribution in [1.29, 1.82) is 0 Å². The first kappa shape index (κ1) is 23.4. The summed E-state index contributed by atoms with van der Waals surface area (Å²) in [5, 5.41) is 3.02. The van der Waals surface area contributed by atoms with Crippen LogP contribution in [0.3, 0.4) is 0 Å². The van der Waals surface area contributed by atoms with Crippen molar-refractivity contribution in [3.8, 4) is 0 Å². The molecule has 0 radical (unpaired) electrons. The van der Waals surface area contributed by atoms with Gasteiger partial charge in [0.2, 0.25) is 0 Å². The van der Waals surface area contributed by atoms with Crippen LogP contribution in [-0.4, -0.2) is 49.8 Å². The van der Waals surface area contributed by atoms with Crippen molar-refractivity contribution in [3.63, 3.8) is 0 Å². The number of nitrogens with zero attached hydrogens (tertiary/aromatic N) is 2. The summed E-state index contributed by atoms with van der Waals surface area (Å²) in [6.45, 7) is 5.35. The van der Waals surface area contributed by atoms with Crippen molar-refractivity contribution in [3.05, 3.63) is 59.9 Å². The Morgan fingerprint density at radius 1 is 1.03 bits per heavy atom. The summed E-state index contributed by atoms with van der Waals surface area (Å²) in [5.74, 6) is 0.376. The van der Waals surface area contributed by atoms with E-state index in [-0.39, 0.29) is 23.6 Å². The molecule has 7 heteroatoms. The lowest BCUT2D eigenvalue weighted by Gasteiger charge is -2.36. The van der Waals surface area contributed by atoms with Gasteiger partial charge in [-0.05, 0) is 68.3 Å². The molecule has 2 saturated heterocycles. The van der Waals surface area contributed by atoms with Crippen LogP contribution >= 0.6 is 0 Å². The lowest BCUT2D eigenvalue weighted by Crippen LogP contribution is -2.45. The molecule has 0 spiro atoms. The van der Waals surface area contributed by atoms with E-state index in [1.54, 1.807) is 12.1 Å². The number of anilines is 2. The fraction of sp³-hybridized carbons (Fsp3) is 0.500. The molecule has 178 valence electrons. The molecular weight excluding hydrogens is 419 g/mol. The summed E-state index contributed by atoms with van der Waals surface area (Å²) in [4.78, 5) is 16.9. The first-order valence-corrected chi connectivity index (χ1v) is 12.1. The van der Waals surface area contributed by atoms with Gasteiger partial charge in [0, 0.05) is 37.9 Å². The van der Waals surface area contributed by atoms with E-state index in [9.17, 15) is 9.18 Å². The molecule has 0 aliphatic carbocycles. The van der Waals surface area contributed by atoms with Gasteiger partial charge in [-0.15, -0.1) is 0 Å². The molecule has 0 atom stereocenters. The van der Waals surface area contributed by atoms with Crippen LogP contribution in [0, 0.1) is 11.7 Å². The monoisotopic (exact) mass is 454 g/mol. The number of carbonyl (C=O) groups is 1. The number of benzene rings is 2. The van der Waals surface area contributed by atoms with Crippen LogP contribution < -0.4 is 16.0 Å². The van der Waals surface area contributed by atoms with Gasteiger partial charge in [0.1, 0.15) is 12.4 Å². The van der Waals surface area contributed by atoms with Gasteiger partial charge in [-0.2, -0.15) is 0 Å². The van der Waals surface area contributed by atoms with Gasteiger partial charge in [0.25, 0.3) is 0 Å². The SMILES string of the molecule is Nc1ccc(N2CCC(CCN3CCC(NC(=O)OCc4ccccc4)CC3)CC2)cc1F. The summed E-state index contributed by atoms with van der Waals surface area (Å²) in [5.41, 5.74) is 7.72. The quantitative estimate of drug-likeness (QED) is 0.607. The number of piperidine rings is 2. The van der Waals surface area contributed by atoms with Crippen molar-refractivity contribution in [2.24, 2.45) is 5.92 Å². The first-order valence-electron chi connectivity index (χ1n) is 12.1. The number of carbonyl (C=O) groups excluding carboxylic acids is 1. The topological polar surface area (TPSA) is 70.8 Å². The minimum absolute atomic E-state index is 0.188. The highest BCUT2D eigenvalue weighted by atomic mass is 19.1. The van der Waals surface area contributed by atoms with E-state index in [1.807, 2.05) is 36.4 Å². The standard InChI is InChI=1S/C26H35FN4O2/c27-24-18-23(6-7-25(24)28)31-16-9-20(10-17-31)8-13-30-14-11-22(12-15-30)29-26(32)33-19-21-4-2-1-3-5-21/h1-7,18,20,22H,8-17,19,28H2,(H,29,32). The summed E-state index contributed by atoms with van der Waals surface area (Å²) in [7, 11) is 0. The average Bonchev–Trinajstić information content (AvgIpc) is 2.85. The molecule has 2 fully saturated rings. The predicted molar refractivity (Wildman–Crippen MR) is 130 cm³/mol. The summed E-state index contributed by atoms with van der Waals surface area (Å²) < 4.78 is 19.1. The molecular formula is C26H35FN4O2. The second kappa shape index (κ2) is 11.4. The molecule has 1 amide bonds. The summed E-state index contributed by atoms with van der Waals surface area (Å²) in [6, 6.07) is 15.0. The average molecular weight is 455 g/mol. The van der Waals surface area contributed by atoms with Crippen molar-refractivity contribution in [1.82, 2.24) is 10.2 Å². The van der Waals surface area contributed by atoms with Gasteiger partial charge in [0.15, 0.2) is 0 Å². The van der Waals surface area contributed by atoms with Crippen molar-refractivity contribution in [2.45, 2.75) is 44.8 Å². The van der Waals surface area contributed by atoms with Gasteiger partial charge in [-0.1, -0.05) is 30.3 Å². The fourth-order valence-electron chi connectivity index (χ4n) is 4.79. The Morgan fingerprint density at radius 2 is 1.76 bits per heavy atom. The maximum atomic E-state index is 13.8. The predicted octanol–water partition coefficient (Wildman–Crippen LogP) is 4.41. The molecule has 0 aromatic heterocycles. The smallest absolute Gasteiger partial charge is 0.407 e. The van der Waals surface area contributed by atoms with Gasteiger partial charge >= 0.3 is 6.09 Å². The molecule has 3 N–H and O–H groups in total. The Hall–Kier alpha value is -2.80. The van der Waals surface area contributed by atoms with Crippen LogP contribution in [0.4, 0.5) is 20.6 Å². The third kappa shape index (κ3) is 6.84. The Morgan fingerprint density at radius 3 is 2.45 bits per heavy atom. The maximum absolute atomic E-state index is 13.8. The minimum atomic E-state index is -0.336. The van der Waals surface area contributed by atoms with E-state index in [4.69, 9.17) is 10.5 Å². The number of nitrogens with one attached hydrogen (secondary N) is 1. The molecule has 2 aliphatic heterocycles. The van der Waals surface area contributed by atoms with Crippen molar-refractivity contribution < 1.29 is 13.9 Å². The molecule has 2 heterocycles. The Labute approximate surface area is 195 Å². The second-order valence-electron chi connectivity index (χ2n) is 9.25. The minimum Gasteiger partial charge on any atom is -0.445 e. The molecule has 6 nitrogen and oxygen atoms in total. The number of likely N-dealkylation sites (tertiary alicyclic amines) is 1. The normalized spacial score (nSPS) is 18.3. The molecule has 2 aromatic carbocycles. The number of hydrogen-bond acceptors (Lipinski definition) is 5. The van der Waals surface area contributed by atoms with Gasteiger partial charge in [-0.25, -0.2) is 9.18 Å². The number of ether oxygens (including phenoxy) is 1. The van der Waals surface area contributed by atoms with Crippen LogP contribution in [0.15, 0.2) is 48.5 Å². The van der Waals surface area contributed by atoms with Gasteiger partial charge < -0.3 is 25.6 Å². The molecule has 0 bridgehead atoms. The number of halogens is 1.